The zero-order valence-electron chi connectivity index (χ0n) is 37.3. The Morgan fingerprint density at radius 2 is 1.47 bits per heavy atom. The molecule has 5 aliphatic rings. The summed E-state index contributed by atoms with van der Waals surface area (Å²) in [5.74, 6) is -3.36. The largest absolute Gasteiger partial charge is 0.511 e. The molecule has 17 nitrogen and oxygen atoms in total. The van der Waals surface area contributed by atoms with Gasteiger partial charge in [0.1, 0.15) is 11.7 Å². The van der Waals surface area contributed by atoms with Gasteiger partial charge in [0.15, 0.2) is 12.4 Å². The number of ether oxygens (including phenoxy) is 6. The van der Waals surface area contributed by atoms with E-state index in [1.807, 2.05) is 32.1 Å². The van der Waals surface area contributed by atoms with Gasteiger partial charge in [0.05, 0.1) is 44.6 Å². The second-order valence-electron chi connectivity index (χ2n) is 18.1. The monoisotopic (exact) mass is 899 g/mol. The van der Waals surface area contributed by atoms with E-state index in [1.165, 1.54) is 0 Å². The minimum Gasteiger partial charge on any atom is -0.466 e. The fourth-order valence-corrected chi connectivity index (χ4v) is 10.6. The maximum Gasteiger partial charge on any atom is 0.511 e. The summed E-state index contributed by atoms with van der Waals surface area (Å²) >= 11 is 0. The third kappa shape index (κ3) is 12.5. The molecule has 1 aliphatic heterocycles. The molecule has 0 radical (unpaired) electrons. The molecule has 0 spiro atoms. The van der Waals surface area contributed by atoms with Crippen molar-refractivity contribution in [2.45, 2.75) is 154 Å². The van der Waals surface area contributed by atoms with Crippen LogP contribution in [0.15, 0.2) is 36.0 Å². The Labute approximate surface area is 374 Å². The lowest BCUT2D eigenvalue weighted by atomic mass is 9.46. The highest BCUT2D eigenvalue weighted by Gasteiger charge is 2.68. The number of rotatable bonds is 23. The Kier molecular flexibility index (Phi) is 17.9. The highest BCUT2D eigenvalue weighted by molar-refractivity contribution is 6.01. The van der Waals surface area contributed by atoms with E-state index in [0.717, 1.165) is 12.0 Å². The molecule has 5 rings (SSSR count). The number of hydrogen-bond acceptors (Lipinski definition) is 16. The molecule has 1 heterocycles. The maximum atomic E-state index is 13.5. The Morgan fingerprint density at radius 1 is 0.828 bits per heavy atom. The van der Waals surface area contributed by atoms with Crippen LogP contribution in [0.1, 0.15) is 130 Å². The van der Waals surface area contributed by atoms with Crippen molar-refractivity contribution in [3.63, 3.8) is 0 Å². The molecule has 0 aromatic carbocycles. The van der Waals surface area contributed by atoms with Crippen LogP contribution in [0.3, 0.4) is 0 Å². The number of esters is 4. The van der Waals surface area contributed by atoms with Crippen molar-refractivity contribution in [2.24, 2.45) is 28.6 Å². The van der Waals surface area contributed by atoms with Gasteiger partial charge in [0.25, 0.3) is 0 Å². The number of hydrogen-bond donors (Lipinski definition) is 3. The van der Waals surface area contributed by atoms with E-state index in [4.69, 9.17) is 28.4 Å². The topological polar surface area (TPSA) is 244 Å². The van der Waals surface area contributed by atoms with Gasteiger partial charge in [-0.3, -0.25) is 33.6 Å². The highest BCUT2D eigenvalue weighted by atomic mass is 16.8. The van der Waals surface area contributed by atoms with E-state index >= 15 is 0 Å². The van der Waals surface area contributed by atoms with E-state index in [9.17, 15) is 48.6 Å². The van der Waals surface area contributed by atoms with Gasteiger partial charge < -0.3 is 44.0 Å². The van der Waals surface area contributed by atoms with Gasteiger partial charge in [-0.25, -0.2) is 4.79 Å². The lowest BCUT2D eigenvalue weighted by Gasteiger charge is -2.59. The molecule has 4 fully saturated rings. The van der Waals surface area contributed by atoms with Crippen molar-refractivity contribution in [1.82, 2.24) is 5.32 Å². The first-order valence-corrected chi connectivity index (χ1v) is 22.7. The van der Waals surface area contributed by atoms with E-state index in [-0.39, 0.29) is 99.6 Å². The molecule has 64 heavy (non-hydrogen) atoms. The summed E-state index contributed by atoms with van der Waals surface area (Å²) in [4.78, 5) is 97.9. The van der Waals surface area contributed by atoms with Gasteiger partial charge in [-0.2, -0.15) is 0 Å². The van der Waals surface area contributed by atoms with Crippen molar-refractivity contribution in [3.05, 3.63) is 36.0 Å². The number of Topliss-reactive ketones (excluding diaryl/α,β-unsaturated/α-hetero) is 1. The minimum absolute atomic E-state index is 0.0286. The molecular formula is C47H65NO16. The molecule has 3 N–H and O–H groups in total. The number of unbranched alkanes of at least 4 members (excludes halogenated alkanes) is 4. The Bertz CT molecular complexity index is 1840. The van der Waals surface area contributed by atoms with Gasteiger partial charge in [0, 0.05) is 29.6 Å². The van der Waals surface area contributed by atoms with Gasteiger partial charge in [-0.05, 0) is 108 Å². The number of aliphatic hydroxyl groups is 2. The predicted molar refractivity (Wildman–Crippen MR) is 225 cm³/mol. The fourth-order valence-electron chi connectivity index (χ4n) is 10.6. The maximum absolute atomic E-state index is 13.5. The molecule has 1 amide bonds. The van der Waals surface area contributed by atoms with Crippen molar-refractivity contribution < 1.29 is 77.0 Å². The number of carbonyl (C=O) groups is 8. The molecule has 4 aliphatic carbocycles. The second-order valence-corrected chi connectivity index (χ2v) is 18.1. The standard InChI is InChI=1S/C47H65NO16/c1-4-5-12-34-36(26-38(52)48-34)64-44(57)63-29-62-40(54)14-9-7-10-23-59-39(53)13-8-6-11-24-60-41(55)17-18-42(56)61-28-37(51)47(58)22-20-33-32-16-15-30-25-31(49)19-21-45(30,2)43(32)35(50)27-46(33,47)3/h4-5,19,21,25,32-36,43,50,58H,6-18,20,22-24,26-29H2,1-3H3,(H,48,52)/b5-4+/t32?,33?,34-,35+,36+,43?,45+,46+,47+/m1/s1. The second kappa shape index (κ2) is 22.8. The summed E-state index contributed by atoms with van der Waals surface area (Å²) in [5.41, 5.74) is -2.17. The SMILES string of the molecule is C/C=C/C[C@H]1NC(=O)C[C@@H]1OC(=O)OCOC(=O)CCCCCOC(=O)CCCCCOC(=O)CCC(=O)OCC(=O)[C@@]1(O)CCC2C3CCC4=CC(=O)C=C[C@]4(C)C3[C@@H](O)C[C@@]21C. The Balaban J connectivity index is 0.850. The van der Waals surface area contributed by atoms with Crippen molar-refractivity contribution in [1.29, 1.82) is 0 Å². The number of nitrogens with one attached hydrogen (secondary N) is 1. The first-order chi connectivity index (χ1) is 30.5. The number of carbonyl (C=O) groups excluding carboxylic acids is 8. The van der Waals surface area contributed by atoms with Crippen molar-refractivity contribution in [3.8, 4) is 0 Å². The number of aliphatic hydroxyl groups excluding tert-OH is 1. The summed E-state index contributed by atoms with van der Waals surface area (Å²) in [5, 5.41) is 26.2. The van der Waals surface area contributed by atoms with Crippen LogP contribution in [0.4, 0.5) is 4.79 Å². The number of fused-ring (bicyclic) bond motifs is 5. The summed E-state index contributed by atoms with van der Waals surface area (Å²) in [6.07, 6.45) is 12.2. The summed E-state index contributed by atoms with van der Waals surface area (Å²) in [6.45, 7) is 4.79. The minimum atomic E-state index is -1.79. The molecule has 0 bridgehead atoms. The summed E-state index contributed by atoms with van der Waals surface area (Å²) < 4.78 is 30.5. The van der Waals surface area contributed by atoms with E-state index < -0.39 is 71.9 Å². The molecule has 354 valence electrons. The van der Waals surface area contributed by atoms with Gasteiger partial charge in [-0.15, -0.1) is 0 Å². The average Bonchev–Trinajstić information content (AvgIpc) is 3.74. The molecule has 0 aromatic rings. The molecule has 1 saturated heterocycles. The highest BCUT2D eigenvalue weighted by Crippen LogP contribution is 2.67. The summed E-state index contributed by atoms with van der Waals surface area (Å²) in [6, 6.07) is -0.349. The van der Waals surface area contributed by atoms with E-state index in [0.29, 0.717) is 57.8 Å². The van der Waals surface area contributed by atoms with Gasteiger partial charge >= 0.3 is 30.0 Å². The average molecular weight is 900 g/mol. The number of amides is 1. The van der Waals surface area contributed by atoms with Crippen LogP contribution >= 0.6 is 0 Å². The molecular weight excluding hydrogens is 835 g/mol. The quantitative estimate of drug-likeness (QED) is 0.0403. The normalized spacial score (nSPS) is 30.3. The van der Waals surface area contributed by atoms with Crippen LogP contribution in [-0.2, 0) is 62.0 Å². The van der Waals surface area contributed by atoms with Gasteiger partial charge in [-0.1, -0.05) is 37.6 Å². The number of allylic oxidation sites excluding steroid dienone is 5. The fraction of sp³-hybridized carbons (Fsp3) is 0.702. The van der Waals surface area contributed by atoms with Crippen LogP contribution in [-0.4, -0.2) is 108 Å². The lowest BCUT2D eigenvalue weighted by molar-refractivity contribution is -0.181. The summed E-state index contributed by atoms with van der Waals surface area (Å²) in [7, 11) is 0. The van der Waals surface area contributed by atoms with Crippen molar-refractivity contribution >= 4 is 47.5 Å². The molecule has 9 atom stereocenters. The van der Waals surface area contributed by atoms with Crippen LogP contribution in [0.5, 0.6) is 0 Å². The molecule has 17 heteroatoms. The van der Waals surface area contributed by atoms with Crippen molar-refractivity contribution in [2.75, 3.05) is 26.6 Å². The Morgan fingerprint density at radius 3 is 2.14 bits per heavy atom. The Hall–Kier alpha value is -4.90. The van der Waals surface area contributed by atoms with Crippen LogP contribution in [0.25, 0.3) is 0 Å². The molecule has 3 unspecified atom stereocenters. The zero-order chi connectivity index (χ0) is 46.5. The number of ketones is 2. The third-order valence-corrected chi connectivity index (χ3v) is 14.0. The van der Waals surface area contributed by atoms with Crippen LogP contribution < -0.4 is 5.32 Å². The van der Waals surface area contributed by atoms with Crippen LogP contribution in [0, 0.1) is 28.6 Å². The van der Waals surface area contributed by atoms with E-state index in [2.05, 4.69) is 12.2 Å². The zero-order valence-corrected chi connectivity index (χ0v) is 37.3. The van der Waals surface area contributed by atoms with Crippen LogP contribution in [0.2, 0.25) is 0 Å². The predicted octanol–water partition coefficient (Wildman–Crippen LogP) is 4.97. The first kappa shape index (κ1) is 50.1. The van der Waals surface area contributed by atoms with Gasteiger partial charge in [0.2, 0.25) is 18.5 Å². The molecule has 0 aromatic heterocycles. The smallest absolute Gasteiger partial charge is 0.466 e. The third-order valence-electron chi connectivity index (χ3n) is 14.0. The molecule has 3 saturated carbocycles. The first-order valence-electron chi connectivity index (χ1n) is 22.7. The lowest BCUT2D eigenvalue weighted by Crippen LogP contribution is -2.61. The van der Waals surface area contributed by atoms with E-state index in [1.54, 1.807) is 12.2 Å².